The Morgan fingerprint density at radius 1 is 0.457 bits per heavy atom. The van der Waals surface area contributed by atoms with Crippen molar-refractivity contribution in [2.75, 3.05) is 10.2 Å². The summed E-state index contributed by atoms with van der Waals surface area (Å²) in [6.45, 7) is 0. The fourth-order valence-corrected chi connectivity index (χ4v) is 7.63. The van der Waals surface area contributed by atoms with Crippen LogP contribution in [0.4, 0.5) is 28.4 Å². The van der Waals surface area contributed by atoms with E-state index in [9.17, 15) is 0 Å². The van der Waals surface area contributed by atoms with E-state index in [0.717, 1.165) is 55.9 Å². The van der Waals surface area contributed by atoms with Gasteiger partial charge < -0.3 is 14.6 Å². The van der Waals surface area contributed by atoms with Gasteiger partial charge in [0.2, 0.25) is 0 Å². The van der Waals surface area contributed by atoms with Crippen molar-refractivity contribution < 1.29 is 4.42 Å². The molecule has 0 bridgehead atoms. The Labute approximate surface area is 270 Å². The standard InChI is InChI=1S/C42H28N2OS/c1-4-12-28(13-5-1)29-24-37-34-18-10-11-19-39(34)45-42(37)38(25-29)44(32-16-8-3-9-17-32)33-21-23-36-35-22-20-31(26-40(35)46-41(36)27-33)43-30-14-6-2-7-15-30/h1-27,43H. The topological polar surface area (TPSA) is 28.4 Å². The monoisotopic (exact) mass is 608 g/mol. The maximum Gasteiger partial charge on any atom is 0.159 e. The molecule has 0 aliphatic carbocycles. The smallest absolute Gasteiger partial charge is 0.159 e. The van der Waals surface area contributed by atoms with Gasteiger partial charge in [0.05, 0.1) is 5.69 Å². The second-order valence-corrected chi connectivity index (χ2v) is 12.6. The number of hydrogen-bond acceptors (Lipinski definition) is 4. The number of nitrogens with zero attached hydrogens (tertiary/aromatic N) is 1. The third kappa shape index (κ3) is 4.59. The molecule has 46 heavy (non-hydrogen) atoms. The minimum atomic E-state index is 0.873. The Bertz CT molecular complexity index is 2500. The van der Waals surface area contributed by atoms with Crippen LogP contribution in [-0.2, 0) is 0 Å². The molecule has 0 aliphatic heterocycles. The minimum Gasteiger partial charge on any atom is -0.454 e. The van der Waals surface area contributed by atoms with Crippen LogP contribution in [-0.4, -0.2) is 0 Å². The van der Waals surface area contributed by atoms with Crippen LogP contribution in [0.25, 0.3) is 53.2 Å². The second kappa shape index (κ2) is 11.0. The molecule has 9 aromatic rings. The number of hydrogen-bond donors (Lipinski definition) is 1. The van der Waals surface area contributed by atoms with E-state index in [1.165, 1.54) is 25.7 Å². The van der Waals surface area contributed by atoms with E-state index in [2.05, 4.69) is 162 Å². The van der Waals surface area contributed by atoms with Crippen molar-refractivity contribution in [2.45, 2.75) is 0 Å². The summed E-state index contributed by atoms with van der Waals surface area (Å²) in [5.74, 6) is 0. The molecule has 0 spiro atoms. The van der Waals surface area contributed by atoms with Crippen LogP contribution >= 0.6 is 11.3 Å². The lowest BCUT2D eigenvalue weighted by molar-refractivity contribution is 0.669. The molecule has 0 fully saturated rings. The van der Waals surface area contributed by atoms with Gasteiger partial charge in [-0.25, -0.2) is 0 Å². The maximum atomic E-state index is 6.65. The Morgan fingerprint density at radius 2 is 1.13 bits per heavy atom. The summed E-state index contributed by atoms with van der Waals surface area (Å²) in [7, 11) is 0. The molecule has 2 heterocycles. The van der Waals surface area contributed by atoms with Gasteiger partial charge in [0.1, 0.15) is 5.58 Å². The normalized spacial score (nSPS) is 11.5. The van der Waals surface area contributed by atoms with Crippen molar-refractivity contribution in [1.29, 1.82) is 0 Å². The summed E-state index contributed by atoms with van der Waals surface area (Å²) in [5, 5.41) is 8.29. The fourth-order valence-electron chi connectivity index (χ4n) is 6.45. The summed E-state index contributed by atoms with van der Waals surface area (Å²) >= 11 is 1.83. The summed E-state index contributed by atoms with van der Waals surface area (Å²) < 4.78 is 9.15. The number of anilines is 5. The molecule has 3 nitrogen and oxygen atoms in total. The lowest BCUT2D eigenvalue weighted by Crippen LogP contribution is -2.10. The molecule has 218 valence electrons. The largest absolute Gasteiger partial charge is 0.454 e. The molecule has 0 unspecified atom stereocenters. The van der Waals surface area contributed by atoms with Gasteiger partial charge in [-0.15, -0.1) is 11.3 Å². The van der Waals surface area contributed by atoms with Crippen molar-refractivity contribution >= 4 is 81.9 Å². The number of fused-ring (bicyclic) bond motifs is 6. The van der Waals surface area contributed by atoms with Gasteiger partial charge in [0.15, 0.2) is 5.58 Å². The molecule has 0 aliphatic rings. The molecule has 0 amide bonds. The van der Waals surface area contributed by atoms with Crippen molar-refractivity contribution in [3.63, 3.8) is 0 Å². The van der Waals surface area contributed by atoms with Crippen LogP contribution in [0.15, 0.2) is 168 Å². The van der Waals surface area contributed by atoms with Crippen LogP contribution in [0.2, 0.25) is 0 Å². The molecular formula is C42H28N2OS. The number of furan rings is 1. The fraction of sp³-hybridized carbons (Fsp3) is 0. The third-order valence-corrected chi connectivity index (χ3v) is 9.71. The molecule has 0 atom stereocenters. The highest BCUT2D eigenvalue weighted by molar-refractivity contribution is 7.25. The predicted molar refractivity (Wildman–Crippen MR) is 196 cm³/mol. The number of rotatable bonds is 6. The molecule has 0 saturated heterocycles. The van der Waals surface area contributed by atoms with E-state index in [4.69, 9.17) is 4.42 Å². The van der Waals surface area contributed by atoms with Crippen molar-refractivity contribution in [3.8, 4) is 11.1 Å². The third-order valence-electron chi connectivity index (χ3n) is 8.60. The quantitative estimate of drug-likeness (QED) is 0.204. The Hall–Kier alpha value is -5.84. The van der Waals surface area contributed by atoms with Gasteiger partial charge >= 0.3 is 0 Å². The van der Waals surface area contributed by atoms with Crippen molar-refractivity contribution in [1.82, 2.24) is 0 Å². The van der Waals surface area contributed by atoms with E-state index in [0.29, 0.717) is 0 Å². The molecule has 4 heteroatoms. The second-order valence-electron chi connectivity index (χ2n) is 11.5. The van der Waals surface area contributed by atoms with Crippen molar-refractivity contribution in [3.05, 3.63) is 164 Å². The molecular weight excluding hydrogens is 581 g/mol. The maximum absolute atomic E-state index is 6.65. The number of nitrogens with one attached hydrogen (secondary N) is 1. The van der Waals surface area contributed by atoms with E-state index in [1.54, 1.807) is 0 Å². The highest BCUT2D eigenvalue weighted by atomic mass is 32.1. The number of thiophene rings is 1. The van der Waals surface area contributed by atoms with Gasteiger partial charge in [0, 0.05) is 53.7 Å². The molecule has 2 aromatic heterocycles. The highest BCUT2D eigenvalue weighted by Crippen LogP contribution is 2.46. The minimum absolute atomic E-state index is 0.873. The Morgan fingerprint density at radius 3 is 1.93 bits per heavy atom. The van der Waals surface area contributed by atoms with E-state index < -0.39 is 0 Å². The zero-order valence-corrected chi connectivity index (χ0v) is 25.7. The summed E-state index contributed by atoms with van der Waals surface area (Å²) in [6.07, 6.45) is 0. The first-order valence-corrected chi connectivity index (χ1v) is 16.2. The lowest BCUT2D eigenvalue weighted by atomic mass is 10.0. The first-order valence-electron chi connectivity index (χ1n) is 15.4. The average molecular weight is 609 g/mol. The lowest BCUT2D eigenvalue weighted by Gasteiger charge is -2.26. The van der Waals surface area contributed by atoms with E-state index in [-0.39, 0.29) is 0 Å². The van der Waals surface area contributed by atoms with E-state index >= 15 is 0 Å². The van der Waals surface area contributed by atoms with Crippen molar-refractivity contribution in [2.24, 2.45) is 0 Å². The van der Waals surface area contributed by atoms with Gasteiger partial charge in [-0.3, -0.25) is 0 Å². The first-order chi connectivity index (χ1) is 22.8. The van der Waals surface area contributed by atoms with Crippen LogP contribution in [0.1, 0.15) is 0 Å². The summed E-state index contributed by atoms with van der Waals surface area (Å²) in [6, 6.07) is 57.8. The SMILES string of the molecule is c1ccc(Nc2ccc3c(c2)sc2cc(N(c4ccccc4)c4cc(-c5ccccc5)cc5c4oc4ccccc45)ccc23)cc1. The van der Waals surface area contributed by atoms with Gasteiger partial charge in [0.25, 0.3) is 0 Å². The van der Waals surface area contributed by atoms with Crippen LogP contribution < -0.4 is 10.2 Å². The number of para-hydroxylation sites is 3. The molecule has 9 rings (SSSR count). The molecule has 0 saturated carbocycles. The first kappa shape index (κ1) is 26.6. The van der Waals surface area contributed by atoms with Crippen LogP contribution in [0.3, 0.4) is 0 Å². The van der Waals surface area contributed by atoms with Gasteiger partial charge in [-0.2, -0.15) is 0 Å². The van der Waals surface area contributed by atoms with Gasteiger partial charge in [-0.05, 0) is 77.9 Å². The zero-order chi connectivity index (χ0) is 30.5. The Balaban J connectivity index is 1.24. The van der Waals surface area contributed by atoms with Crippen LogP contribution in [0, 0.1) is 0 Å². The summed E-state index contributed by atoms with van der Waals surface area (Å²) in [5.41, 5.74) is 9.41. The zero-order valence-electron chi connectivity index (χ0n) is 24.9. The predicted octanol–water partition coefficient (Wildman–Crippen LogP) is 12.8. The average Bonchev–Trinajstić information content (AvgIpc) is 3.67. The molecule has 1 N–H and O–H groups in total. The molecule has 0 radical (unpaired) electrons. The Kier molecular flexibility index (Phi) is 6.32. The highest BCUT2D eigenvalue weighted by Gasteiger charge is 2.22. The van der Waals surface area contributed by atoms with Gasteiger partial charge in [-0.1, -0.05) is 97.1 Å². The molecule has 7 aromatic carbocycles. The summed E-state index contributed by atoms with van der Waals surface area (Å²) in [4.78, 5) is 2.34. The van der Waals surface area contributed by atoms with E-state index in [1.807, 2.05) is 23.5 Å². The number of benzene rings is 7. The van der Waals surface area contributed by atoms with Crippen LogP contribution in [0.5, 0.6) is 0 Å².